The number of ether oxygens (including phenoxy) is 1. The van der Waals surface area contributed by atoms with Crippen LogP contribution in [-0.2, 0) is 9.53 Å². The lowest BCUT2D eigenvalue weighted by Gasteiger charge is -2.11. The number of benzene rings is 1. The molecule has 0 aliphatic rings. The molecule has 0 aliphatic carbocycles. The van der Waals surface area contributed by atoms with Gasteiger partial charge in [0.25, 0.3) is 5.91 Å². The van der Waals surface area contributed by atoms with Crippen LogP contribution in [0.4, 0.5) is 0 Å². The maximum absolute atomic E-state index is 11.8. The average Bonchev–Trinajstić information content (AvgIpc) is 2.31. The fraction of sp³-hybridized carbons (Fsp3) is 0.273. The molecule has 0 saturated carbocycles. The number of hydrogen-bond acceptors (Lipinski definition) is 3. The smallest absolute Gasteiger partial charge is 0.328 e. The zero-order valence-electron chi connectivity index (χ0n) is 9.29. The molecule has 92 valence electrons. The highest BCUT2D eigenvalue weighted by Gasteiger charge is 2.17. The highest BCUT2D eigenvalue weighted by atomic mass is 127. The van der Waals surface area contributed by atoms with E-state index in [-0.39, 0.29) is 5.91 Å². The average molecular weight is 368 g/mol. The first-order valence-corrected chi connectivity index (χ1v) is 6.25. The van der Waals surface area contributed by atoms with E-state index in [1.165, 1.54) is 7.11 Å². The summed E-state index contributed by atoms with van der Waals surface area (Å²) in [4.78, 5) is 22.9. The fourth-order valence-corrected chi connectivity index (χ4v) is 1.79. The summed E-state index contributed by atoms with van der Waals surface area (Å²) in [5.41, 5.74) is 0.453. The van der Waals surface area contributed by atoms with Crippen LogP contribution in [0, 0.1) is 3.57 Å². The molecule has 0 bridgehead atoms. The minimum Gasteiger partial charge on any atom is -0.467 e. The van der Waals surface area contributed by atoms with Gasteiger partial charge >= 0.3 is 5.97 Å². The van der Waals surface area contributed by atoms with Crippen molar-refractivity contribution in [2.45, 2.75) is 13.0 Å². The van der Waals surface area contributed by atoms with E-state index in [0.717, 1.165) is 3.57 Å². The van der Waals surface area contributed by atoms with Crippen LogP contribution in [0.15, 0.2) is 18.2 Å². The van der Waals surface area contributed by atoms with Gasteiger partial charge < -0.3 is 10.1 Å². The molecule has 0 unspecified atom stereocenters. The summed E-state index contributed by atoms with van der Waals surface area (Å²) in [5, 5.41) is 3.12. The number of nitrogens with one attached hydrogen (secondary N) is 1. The van der Waals surface area contributed by atoms with Crippen molar-refractivity contribution in [2.75, 3.05) is 7.11 Å². The molecule has 0 saturated heterocycles. The minimum absolute atomic E-state index is 0.336. The Labute approximate surface area is 118 Å². The number of hydrogen-bond donors (Lipinski definition) is 1. The second-order valence-corrected chi connectivity index (χ2v) is 4.92. The molecular formula is C11H11ClINO3. The first-order chi connectivity index (χ1) is 7.95. The van der Waals surface area contributed by atoms with Crippen LogP contribution in [0.1, 0.15) is 17.3 Å². The minimum atomic E-state index is -0.680. The van der Waals surface area contributed by atoms with Gasteiger partial charge in [-0.2, -0.15) is 0 Å². The summed E-state index contributed by atoms with van der Waals surface area (Å²) < 4.78 is 5.30. The number of rotatable bonds is 3. The van der Waals surface area contributed by atoms with Gasteiger partial charge in [0.15, 0.2) is 0 Å². The molecule has 0 fully saturated rings. The maximum atomic E-state index is 11.8. The van der Waals surface area contributed by atoms with E-state index in [2.05, 4.69) is 10.1 Å². The van der Waals surface area contributed by atoms with Gasteiger partial charge in [-0.3, -0.25) is 4.79 Å². The van der Waals surface area contributed by atoms with Gasteiger partial charge in [-0.1, -0.05) is 11.6 Å². The first-order valence-electron chi connectivity index (χ1n) is 4.79. The van der Waals surface area contributed by atoms with Gasteiger partial charge in [-0.15, -0.1) is 0 Å². The van der Waals surface area contributed by atoms with Gasteiger partial charge in [0, 0.05) is 9.13 Å². The number of halogens is 2. The summed E-state index contributed by atoms with van der Waals surface area (Å²) in [6, 6.07) is 4.22. The van der Waals surface area contributed by atoms with Crippen molar-refractivity contribution in [3.05, 3.63) is 32.4 Å². The van der Waals surface area contributed by atoms with Crippen LogP contribution in [0.3, 0.4) is 0 Å². The second kappa shape index (κ2) is 6.20. The summed E-state index contributed by atoms with van der Waals surface area (Å²) in [6.45, 7) is 1.56. The molecule has 1 amide bonds. The third kappa shape index (κ3) is 3.85. The molecule has 1 N–H and O–H groups in total. The zero-order valence-corrected chi connectivity index (χ0v) is 12.2. The van der Waals surface area contributed by atoms with Gasteiger partial charge in [0.1, 0.15) is 6.04 Å². The zero-order chi connectivity index (χ0) is 13.0. The van der Waals surface area contributed by atoms with Crippen molar-refractivity contribution < 1.29 is 14.3 Å². The molecule has 0 heterocycles. The third-order valence-corrected chi connectivity index (χ3v) is 3.63. The van der Waals surface area contributed by atoms with E-state index < -0.39 is 12.0 Å². The molecule has 6 heteroatoms. The van der Waals surface area contributed by atoms with Gasteiger partial charge in [0.2, 0.25) is 0 Å². The summed E-state index contributed by atoms with van der Waals surface area (Å²) in [5.74, 6) is -0.820. The molecule has 1 rings (SSSR count). The maximum Gasteiger partial charge on any atom is 0.328 e. The molecule has 0 aromatic heterocycles. The molecule has 17 heavy (non-hydrogen) atoms. The van der Waals surface area contributed by atoms with Gasteiger partial charge in [-0.25, -0.2) is 4.79 Å². The Morgan fingerprint density at radius 2 is 2.12 bits per heavy atom. The first kappa shape index (κ1) is 14.2. The summed E-state index contributed by atoms with van der Waals surface area (Å²) >= 11 is 7.88. The van der Waals surface area contributed by atoms with Crippen LogP contribution >= 0.6 is 34.2 Å². The lowest BCUT2D eigenvalue weighted by atomic mass is 10.2. The van der Waals surface area contributed by atoms with Crippen molar-refractivity contribution >= 4 is 46.1 Å². The van der Waals surface area contributed by atoms with E-state index >= 15 is 0 Å². The Kier molecular flexibility index (Phi) is 5.20. The second-order valence-electron chi connectivity index (χ2n) is 3.35. The van der Waals surface area contributed by atoms with Crippen LogP contribution in [0.25, 0.3) is 0 Å². The van der Waals surface area contributed by atoms with Crippen molar-refractivity contribution in [2.24, 2.45) is 0 Å². The van der Waals surface area contributed by atoms with E-state index in [1.807, 2.05) is 22.6 Å². The van der Waals surface area contributed by atoms with Crippen LogP contribution in [0.2, 0.25) is 5.02 Å². The largest absolute Gasteiger partial charge is 0.467 e. The summed E-state index contributed by atoms with van der Waals surface area (Å²) in [7, 11) is 1.27. The molecule has 0 aliphatic heterocycles. The molecule has 1 atom stereocenters. The number of carbonyl (C=O) groups excluding carboxylic acids is 2. The number of esters is 1. The molecule has 0 radical (unpaired) electrons. The SMILES string of the molecule is COC(=O)[C@H](C)NC(=O)c1ccc(Cl)c(I)c1. The Morgan fingerprint density at radius 3 is 2.65 bits per heavy atom. The normalized spacial score (nSPS) is 11.8. The highest BCUT2D eigenvalue weighted by Crippen LogP contribution is 2.19. The van der Waals surface area contributed by atoms with Gasteiger partial charge in [0.05, 0.1) is 12.1 Å². The third-order valence-electron chi connectivity index (χ3n) is 2.08. The van der Waals surface area contributed by atoms with Crippen molar-refractivity contribution in [1.29, 1.82) is 0 Å². The Balaban J connectivity index is 2.76. The van der Waals surface area contributed by atoms with E-state index in [9.17, 15) is 9.59 Å². The number of carbonyl (C=O) groups is 2. The number of amides is 1. The highest BCUT2D eigenvalue weighted by molar-refractivity contribution is 14.1. The molecule has 1 aromatic carbocycles. The number of methoxy groups -OCH3 is 1. The predicted octanol–water partition coefficient (Wildman–Crippen LogP) is 2.24. The van der Waals surface area contributed by atoms with Crippen LogP contribution in [0.5, 0.6) is 0 Å². The lowest BCUT2D eigenvalue weighted by molar-refractivity contribution is -0.142. The molecule has 4 nitrogen and oxygen atoms in total. The van der Waals surface area contributed by atoms with E-state index in [4.69, 9.17) is 11.6 Å². The quantitative estimate of drug-likeness (QED) is 0.658. The molecular weight excluding hydrogens is 356 g/mol. The molecule has 1 aromatic rings. The monoisotopic (exact) mass is 367 g/mol. The Hall–Kier alpha value is -0.820. The molecule has 0 spiro atoms. The Morgan fingerprint density at radius 1 is 1.47 bits per heavy atom. The van der Waals surface area contributed by atoms with Crippen LogP contribution in [-0.4, -0.2) is 25.0 Å². The predicted molar refractivity (Wildman–Crippen MR) is 73.1 cm³/mol. The topological polar surface area (TPSA) is 55.4 Å². The Bertz CT molecular complexity index is 450. The van der Waals surface area contributed by atoms with Crippen molar-refractivity contribution in [3.8, 4) is 0 Å². The van der Waals surface area contributed by atoms with Crippen molar-refractivity contribution in [1.82, 2.24) is 5.32 Å². The van der Waals surface area contributed by atoms with Crippen LogP contribution < -0.4 is 5.32 Å². The standard InChI is InChI=1S/C11H11ClINO3/c1-6(11(16)17-2)14-10(15)7-3-4-8(12)9(13)5-7/h3-6H,1-2H3,(H,14,15)/t6-/m0/s1. The van der Waals surface area contributed by atoms with E-state index in [1.54, 1.807) is 25.1 Å². The lowest BCUT2D eigenvalue weighted by Crippen LogP contribution is -2.39. The summed E-state index contributed by atoms with van der Waals surface area (Å²) in [6.07, 6.45) is 0. The van der Waals surface area contributed by atoms with Crippen molar-refractivity contribution in [3.63, 3.8) is 0 Å². The van der Waals surface area contributed by atoms with E-state index in [0.29, 0.717) is 10.6 Å². The fourth-order valence-electron chi connectivity index (χ4n) is 1.15. The van der Waals surface area contributed by atoms with Gasteiger partial charge in [-0.05, 0) is 47.7 Å².